The molecule has 10 heteroatoms. The predicted molar refractivity (Wildman–Crippen MR) is 84.1 cm³/mol. The maximum atomic E-state index is 11.4. The Bertz CT molecular complexity index is 522. The molecule has 23 heavy (non-hydrogen) atoms. The highest BCUT2D eigenvalue weighted by Gasteiger charge is 2.50. The molecule has 0 aromatic heterocycles. The van der Waals surface area contributed by atoms with Gasteiger partial charge < -0.3 is 18.9 Å². The first-order valence-corrected chi connectivity index (χ1v) is 7.93. The minimum atomic E-state index is -1.05. The Balaban J connectivity index is 3.15. The molecule has 0 spiro atoms. The van der Waals surface area contributed by atoms with Crippen molar-refractivity contribution in [3.05, 3.63) is 0 Å². The quantitative estimate of drug-likeness (QED) is 0.218. The van der Waals surface area contributed by atoms with Crippen molar-refractivity contribution < 1.29 is 33.3 Å². The van der Waals surface area contributed by atoms with E-state index in [1.54, 1.807) is 0 Å². The van der Waals surface area contributed by atoms with Gasteiger partial charge >= 0.3 is 17.9 Å². The molecule has 1 aliphatic heterocycles. The molecule has 0 aliphatic carbocycles. The molecule has 0 aromatic rings. The van der Waals surface area contributed by atoms with E-state index in [4.69, 9.17) is 18.9 Å². The van der Waals surface area contributed by atoms with Crippen LogP contribution < -0.4 is 0 Å². The number of hydrogen-bond donors (Lipinski definition) is 0. The number of carbonyl (C=O) groups excluding carboxylic acids is 3. The summed E-state index contributed by atoms with van der Waals surface area (Å²) in [4.78, 5) is 37.8. The first-order valence-electron chi connectivity index (χ1n) is 6.61. The van der Waals surface area contributed by atoms with Gasteiger partial charge in [0, 0.05) is 20.8 Å². The maximum absolute atomic E-state index is 11.4. The van der Waals surface area contributed by atoms with Gasteiger partial charge in [0.15, 0.2) is 23.3 Å². The summed E-state index contributed by atoms with van der Waals surface area (Å²) in [6.45, 7) is 3.63. The van der Waals surface area contributed by atoms with E-state index in [9.17, 15) is 14.4 Å². The Morgan fingerprint density at radius 1 is 1.04 bits per heavy atom. The standard InChI is InChI=1S/C13H16BrNO7S/c1-6(16)19-10-9(4-15-5-23)22-13(14)12(21-8(3)18)11(10)20-7(2)17/h9-13H,4H2,1-3H3/t9?,10-,11?,12?,13+/m1/s1. The maximum Gasteiger partial charge on any atom is 0.303 e. The Kier molecular flexibility index (Phi) is 7.77. The number of nitrogens with zero attached hydrogens (tertiary/aromatic N) is 1. The zero-order chi connectivity index (χ0) is 17.6. The van der Waals surface area contributed by atoms with Crippen LogP contribution in [0.15, 0.2) is 4.99 Å². The number of ether oxygens (including phenoxy) is 4. The monoisotopic (exact) mass is 409 g/mol. The van der Waals surface area contributed by atoms with Crippen LogP contribution in [0.3, 0.4) is 0 Å². The molecule has 8 nitrogen and oxygen atoms in total. The second-order valence-electron chi connectivity index (χ2n) is 4.68. The van der Waals surface area contributed by atoms with Crippen LogP contribution in [-0.2, 0) is 33.3 Å². The van der Waals surface area contributed by atoms with Crippen molar-refractivity contribution in [3.8, 4) is 0 Å². The summed E-state index contributed by atoms with van der Waals surface area (Å²) < 4.78 is 21.2. The molecule has 0 bridgehead atoms. The lowest BCUT2D eigenvalue weighted by molar-refractivity contribution is -0.228. The van der Waals surface area contributed by atoms with Crippen molar-refractivity contribution in [3.63, 3.8) is 0 Å². The molecule has 1 aliphatic rings. The second kappa shape index (κ2) is 9.07. The zero-order valence-electron chi connectivity index (χ0n) is 12.7. The highest BCUT2D eigenvalue weighted by atomic mass is 79.9. The molecule has 0 saturated carbocycles. The lowest BCUT2D eigenvalue weighted by Gasteiger charge is -2.42. The minimum absolute atomic E-state index is 0.0358. The molecule has 5 atom stereocenters. The molecule has 1 heterocycles. The van der Waals surface area contributed by atoms with Crippen LogP contribution in [0.5, 0.6) is 0 Å². The summed E-state index contributed by atoms with van der Waals surface area (Å²) in [5.74, 6) is -1.83. The summed E-state index contributed by atoms with van der Waals surface area (Å²) in [7, 11) is 0. The van der Waals surface area contributed by atoms with Crippen molar-refractivity contribution in [1.29, 1.82) is 0 Å². The highest BCUT2D eigenvalue weighted by molar-refractivity contribution is 9.09. The summed E-state index contributed by atoms with van der Waals surface area (Å²) in [6, 6.07) is 0. The topological polar surface area (TPSA) is 100 Å². The van der Waals surface area contributed by atoms with Crippen molar-refractivity contribution in [2.45, 2.75) is 50.2 Å². The lowest BCUT2D eigenvalue weighted by Crippen LogP contribution is -2.60. The number of carbonyl (C=O) groups is 3. The third kappa shape index (κ3) is 5.98. The number of aliphatic imine (C=N–C) groups is 1. The molecule has 1 saturated heterocycles. The first kappa shape index (κ1) is 19.7. The van der Waals surface area contributed by atoms with Crippen molar-refractivity contribution in [2.24, 2.45) is 4.99 Å². The van der Waals surface area contributed by atoms with E-state index in [-0.39, 0.29) is 6.54 Å². The second-order valence-corrected chi connectivity index (χ2v) is 5.76. The van der Waals surface area contributed by atoms with Crippen molar-refractivity contribution >= 4 is 51.2 Å². The smallest absolute Gasteiger partial charge is 0.303 e. The number of hydrogen-bond acceptors (Lipinski definition) is 9. The average Bonchev–Trinajstić information content (AvgIpc) is 2.42. The molecule has 1 fully saturated rings. The molecule has 0 radical (unpaired) electrons. The van der Waals surface area contributed by atoms with Crippen LogP contribution in [0.25, 0.3) is 0 Å². The zero-order valence-corrected chi connectivity index (χ0v) is 15.1. The van der Waals surface area contributed by atoms with E-state index in [0.29, 0.717) is 0 Å². The van der Waals surface area contributed by atoms with Gasteiger partial charge in [-0.05, 0) is 12.2 Å². The van der Waals surface area contributed by atoms with Gasteiger partial charge in [-0.3, -0.25) is 14.4 Å². The Hall–Kier alpha value is -1.35. The van der Waals surface area contributed by atoms with Gasteiger partial charge in [0.1, 0.15) is 6.10 Å². The molecular weight excluding hydrogens is 394 g/mol. The number of thiocarbonyl (C=S) groups is 1. The van der Waals surface area contributed by atoms with Crippen LogP contribution in [0.4, 0.5) is 0 Å². The fraction of sp³-hybridized carbons (Fsp3) is 0.692. The number of isothiocyanates is 1. The van der Waals surface area contributed by atoms with E-state index in [0.717, 1.165) is 0 Å². The van der Waals surface area contributed by atoms with Crippen LogP contribution in [0.1, 0.15) is 20.8 Å². The largest absolute Gasteiger partial charge is 0.456 e. The minimum Gasteiger partial charge on any atom is -0.456 e. The third-order valence-corrected chi connectivity index (χ3v) is 3.69. The molecule has 1 rings (SSSR count). The Morgan fingerprint density at radius 2 is 1.52 bits per heavy atom. The highest BCUT2D eigenvalue weighted by Crippen LogP contribution is 2.31. The van der Waals surface area contributed by atoms with Crippen LogP contribution in [0.2, 0.25) is 0 Å². The van der Waals surface area contributed by atoms with Crippen LogP contribution in [-0.4, -0.2) is 59.0 Å². The summed E-state index contributed by atoms with van der Waals surface area (Å²) in [6.07, 6.45) is -3.81. The number of alkyl halides is 1. The molecule has 0 N–H and O–H groups in total. The fourth-order valence-corrected chi connectivity index (χ4v) is 2.88. The van der Waals surface area contributed by atoms with Crippen LogP contribution in [0, 0.1) is 0 Å². The summed E-state index contributed by atoms with van der Waals surface area (Å²) in [5, 5.41) is 1.40. The number of rotatable bonds is 5. The number of esters is 3. The van der Waals surface area contributed by atoms with Gasteiger partial charge in [-0.25, -0.2) is 4.99 Å². The molecule has 3 unspecified atom stereocenters. The van der Waals surface area contributed by atoms with Gasteiger partial charge in [0.25, 0.3) is 0 Å². The normalized spacial score (nSPS) is 29.8. The van der Waals surface area contributed by atoms with Gasteiger partial charge in [-0.1, -0.05) is 15.9 Å². The molecule has 128 valence electrons. The van der Waals surface area contributed by atoms with Gasteiger partial charge in [0.2, 0.25) is 0 Å². The van der Waals surface area contributed by atoms with Crippen LogP contribution >= 0.6 is 28.1 Å². The van der Waals surface area contributed by atoms with Gasteiger partial charge in [-0.15, -0.1) is 0 Å². The third-order valence-electron chi connectivity index (χ3n) is 2.82. The average molecular weight is 410 g/mol. The molecule has 0 aromatic carbocycles. The fourth-order valence-electron chi connectivity index (χ4n) is 2.12. The van der Waals surface area contributed by atoms with Gasteiger partial charge in [0.05, 0.1) is 11.7 Å². The van der Waals surface area contributed by atoms with E-state index in [2.05, 4.69) is 38.3 Å². The summed E-state index contributed by atoms with van der Waals surface area (Å²) >= 11 is 7.73. The lowest BCUT2D eigenvalue weighted by atomic mass is 9.99. The van der Waals surface area contributed by atoms with E-state index >= 15 is 0 Å². The SMILES string of the molecule is CC(=O)OC1C(OC(C)=O)[C@@H](Br)OC(CN=C=S)[C@H]1OC(C)=O. The van der Waals surface area contributed by atoms with E-state index in [1.807, 2.05) is 0 Å². The number of halogens is 1. The molecule has 0 amide bonds. The Labute approximate surface area is 146 Å². The Morgan fingerprint density at radius 3 is 2.00 bits per heavy atom. The van der Waals surface area contributed by atoms with Gasteiger partial charge in [-0.2, -0.15) is 0 Å². The van der Waals surface area contributed by atoms with E-state index in [1.165, 1.54) is 20.8 Å². The summed E-state index contributed by atoms with van der Waals surface area (Å²) in [5.41, 5.74) is 0. The first-order chi connectivity index (χ1) is 10.8. The van der Waals surface area contributed by atoms with Crippen molar-refractivity contribution in [2.75, 3.05) is 6.54 Å². The van der Waals surface area contributed by atoms with E-state index < -0.39 is 47.3 Å². The van der Waals surface area contributed by atoms with Crippen molar-refractivity contribution in [1.82, 2.24) is 0 Å². The predicted octanol–water partition coefficient (Wildman–Crippen LogP) is 1.00. The molecular formula is C13H16BrNO7S.